The summed E-state index contributed by atoms with van der Waals surface area (Å²) in [6.07, 6.45) is 4.53. The molecule has 0 radical (unpaired) electrons. The second-order valence-electron chi connectivity index (χ2n) is 2.60. The van der Waals surface area contributed by atoms with E-state index in [1.165, 1.54) is 0 Å². The van der Waals surface area contributed by atoms with Gasteiger partial charge in [-0.2, -0.15) is 0 Å². The minimum atomic E-state index is 0.317. The highest BCUT2D eigenvalue weighted by Gasteiger charge is 2.12. The third kappa shape index (κ3) is 1.29. The predicted octanol–water partition coefficient (Wildman–Crippen LogP) is 2.18. The number of rotatable bonds is 1. The summed E-state index contributed by atoms with van der Waals surface area (Å²) < 4.78 is 0. The fourth-order valence-corrected chi connectivity index (χ4v) is 1.14. The molecule has 0 unspecified atom stereocenters. The second kappa shape index (κ2) is 2.82. The first kappa shape index (κ1) is 7.92. The van der Waals surface area contributed by atoms with Gasteiger partial charge in [-0.25, -0.2) is 0 Å². The maximum absolute atomic E-state index is 9.50. The average molecular weight is 151 g/mol. The minimum Gasteiger partial charge on any atom is -0.506 e. The van der Waals surface area contributed by atoms with Crippen molar-refractivity contribution in [3.63, 3.8) is 0 Å². The first-order chi connectivity index (χ1) is 5.16. The molecule has 0 saturated heterocycles. The van der Waals surface area contributed by atoms with E-state index in [0.717, 1.165) is 12.1 Å². The van der Waals surface area contributed by atoms with Gasteiger partial charge < -0.3 is 10.0 Å². The Morgan fingerprint density at radius 2 is 2.27 bits per heavy atom. The van der Waals surface area contributed by atoms with Crippen molar-refractivity contribution in [2.75, 3.05) is 7.05 Å². The molecule has 0 aromatic rings. The van der Waals surface area contributed by atoms with E-state index in [9.17, 15) is 5.11 Å². The van der Waals surface area contributed by atoms with Crippen LogP contribution in [0.5, 0.6) is 0 Å². The summed E-state index contributed by atoms with van der Waals surface area (Å²) >= 11 is 0. The molecule has 0 aromatic heterocycles. The second-order valence-corrected chi connectivity index (χ2v) is 2.60. The largest absolute Gasteiger partial charge is 0.506 e. The molecule has 0 saturated carbocycles. The molecule has 60 valence electrons. The molecule has 0 aromatic carbocycles. The van der Waals surface area contributed by atoms with Gasteiger partial charge in [-0.05, 0) is 12.5 Å². The lowest BCUT2D eigenvalue weighted by atomic mass is 10.1. The molecular weight excluding hydrogens is 138 g/mol. The fraction of sp³-hybridized carbons (Fsp3) is 0.333. The summed E-state index contributed by atoms with van der Waals surface area (Å²) in [6, 6.07) is 0. The Bertz CT molecular complexity index is 238. The summed E-state index contributed by atoms with van der Waals surface area (Å²) in [4.78, 5) is 1.91. The first-order valence-corrected chi connectivity index (χ1v) is 3.69. The number of aliphatic hydroxyl groups is 1. The molecule has 0 spiro atoms. The van der Waals surface area contributed by atoms with Gasteiger partial charge in [-0.15, -0.1) is 0 Å². The molecule has 1 N–H and O–H groups in total. The van der Waals surface area contributed by atoms with Crippen LogP contribution in [0.4, 0.5) is 0 Å². The standard InChI is InChI=1S/C9H13NO/c1-4-8-9(11)7(2)5-6-10(8)3/h5-6,11H,2,4H2,1,3H3. The lowest BCUT2D eigenvalue weighted by Gasteiger charge is -2.22. The molecule has 0 amide bonds. The maximum Gasteiger partial charge on any atom is 0.141 e. The Balaban J connectivity index is 2.99. The zero-order valence-corrected chi connectivity index (χ0v) is 6.96. The monoisotopic (exact) mass is 151 g/mol. The molecule has 1 heterocycles. The van der Waals surface area contributed by atoms with Crippen LogP contribution in [0, 0.1) is 0 Å². The Morgan fingerprint density at radius 3 is 2.73 bits per heavy atom. The average Bonchev–Trinajstić information content (AvgIpc) is 1.99. The summed E-state index contributed by atoms with van der Waals surface area (Å²) in [5, 5.41) is 9.50. The van der Waals surface area contributed by atoms with Crippen LogP contribution in [0.15, 0.2) is 35.9 Å². The van der Waals surface area contributed by atoms with E-state index in [1.807, 2.05) is 25.1 Å². The molecule has 1 aliphatic rings. The van der Waals surface area contributed by atoms with Crippen LogP contribution in [-0.4, -0.2) is 17.1 Å². The number of hydrogen-bond acceptors (Lipinski definition) is 2. The highest BCUT2D eigenvalue weighted by atomic mass is 16.3. The van der Waals surface area contributed by atoms with Crippen molar-refractivity contribution in [2.45, 2.75) is 13.3 Å². The third-order valence-electron chi connectivity index (χ3n) is 1.84. The lowest BCUT2D eigenvalue weighted by molar-refractivity contribution is 0.379. The van der Waals surface area contributed by atoms with E-state index in [1.54, 1.807) is 6.08 Å². The van der Waals surface area contributed by atoms with Crippen molar-refractivity contribution >= 4 is 0 Å². The SMILES string of the molecule is C=C1C=CN(C)C(CC)=C1O. The van der Waals surface area contributed by atoms with Crippen LogP contribution in [0.1, 0.15) is 13.3 Å². The number of allylic oxidation sites excluding steroid dienone is 2. The Morgan fingerprint density at radius 1 is 1.64 bits per heavy atom. The van der Waals surface area contributed by atoms with Gasteiger partial charge in [-0.1, -0.05) is 13.5 Å². The molecule has 1 aliphatic heterocycles. The van der Waals surface area contributed by atoms with E-state index in [0.29, 0.717) is 11.3 Å². The molecule has 2 heteroatoms. The van der Waals surface area contributed by atoms with Gasteiger partial charge in [0.05, 0.1) is 5.70 Å². The highest BCUT2D eigenvalue weighted by Crippen LogP contribution is 2.22. The Hall–Kier alpha value is -1.18. The van der Waals surface area contributed by atoms with Crippen molar-refractivity contribution in [1.82, 2.24) is 4.90 Å². The Kier molecular flexibility index (Phi) is 2.03. The van der Waals surface area contributed by atoms with Gasteiger partial charge in [-0.3, -0.25) is 0 Å². The summed E-state index contributed by atoms with van der Waals surface area (Å²) in [7, 11) is 1.91. The molecule has 1 rings (SSSR count). The third-order valence-corrected chi connectivity index (χ3v) is 1.84. The van der Waals surface area contributed by atoms with Gasteiger partial charge in [0, 0.05) is 18.8 Å². The number of hydrogen-bond donors (Lipinski definition) is 1. The molecule has 0 aliphatic carbocycles. The molecule has 0 bridgehead atoms. The highest BCUT2D eigenvalue weighted by molar-refractivity contribution is 5.39. The van der Waals surface area contributed by atoms with E-state index in [4.69, 9.17) is 0 Å². The normalized spacial score (nSPS) is 18.0. The van der Waals surface area contributed by atoms with E-state index in [2.05, 4.69) is 6.58 Å². The van der Waals surface area contributed by atoms with Crippen molar-refractivity contribution in [3.8, 4) is 0 Å². The molecule has 0 fully saturated rings. The zero-order chi connectivity index (χ0) is 8.43. The molecular formula is C9H13NO. The molecule has 0 atom stereocenters. The predicted molar refractivity (Wildman–Crippen MR) is 46.0 cm³/mol. The smallest absolute Gasteiger partial charge is 0.141 e. The molecule has 11 heavy (non-hydrogen) atoms. The van der Waals surface area contributed by atoms with Crippen LogP contribution >= 0.6 is 0 Å². The van der Waals surface area contributed by atoms with Gasteiger partial charge in [0.15, 0.2) is 0 Å². The summed E-state index contributed by atoms with van der Waals surface area (Å²) in [5.41, 5.74) is 1.62. The quantitative estimate of drug-likeness (QED) is 0.621. The summed E-state index contributed by atoms with van der Waals surface area (Å²) in [5.74, 6) is 0.317. The van der Waals surface area contributed by atoms with E-state index in [-0.39, 0.29) is 0 Å². The van der Waals surface area contributed by atoms with Crippen LogP contribution < -0.4 is 0 Å². The van der Waals surface area contributed by atoms with Gasteiger partial charge in [0.2, 0.25) is 0 Å². The van der Waals surface area contributed by atoms with Gasteiger partial charge in [0.1, 0.15) is 5.76 Å². The zero-order valence-electron chi connectivity index (χ0n) is 6.96. The van der Waals surface area contributed by atoms with Crippen molar-refractivity contribution in [3.05, 3.63) is 35.9 Å². The van der Waals surface area contributed by atoms with Crippen molar-refractivity contribution in [2.24, 2.45) is 0 Å². The first-order valence-electron chi connectivity index (χ1n) is 3.69. The molecule has 2 nitrogen and oxygen atoms in total. The van der Waals surface area contributed by atoms with Gasteiger partial charge in [0.25, 0.3) is 0 Å². The minimum absolute atomic E-state index is 0.317. The van der Waals surface area contributed by atoms with Crippen molar-refractivity contribution in [1.29, 1.82) is 0 Å². The maximum atomic E-state index is 9.50. The summed E-state index contributed by atoms with van der Waals surface area (Å²) in [6.45, 7) is 5.71. The van der Waals surface area contributed by atoms with Crippen LogP contribution in [0.25, 0.3) is 0 Å². The fourth-order valence-electron chi connectivity index (χ4n) is 1.14. The number of aliphatic hydroxyl groups excluding tert-OH is 1. The van der Waals surface area contributed by atoms with Crippen LogP contribution in [-0.2, 0) is 0 Å². The van der Waals surface area contributed by atoms with Crippen molar-refractivity contribution < 1.29 is 5.11 Å². The van der Waals surface area contributed by atoms with Crippen LogP contribution in [0.2, 0.25) is 0 Å². The van der Waals surface area contributed by atoms with Crippen LogP contribution in [0.3, 0.4) is 0 Å². The Labute approximate surface area is 67.1 Å². The lowest BCUT2D eigenvalue weighted by Crippen LogP contribution is -2.16. The van der Waals surface area contributed by atoms with Gasteiger partial charge >= 0.3 is 0 Å². The van der Waals surface area contributed by atoms with E-state index >= 15 is 0 Å². The van der Waals surface area contributed by atoms with E-state index < -0.39 is 0 Å². The number of nitrogens with zero attached hydrogens (tertiary/aromatic N) is 1. The topological polar surface area (TPSA) is 23.5 Å².